The van der Waals surface area contributed by atoms with Crippen LogP contribution in [0.4, 0.5) is 0 Å². The molecule has 0 aromatic heterocycles. The van der Waals surface area contributed by atoms with Crippen LogP contribution >= 0.6 is 0 Å². The van der Waals surface area contributed by atoms with Crippen LogP contribution in [0.2, 0.25) is 0 Å². The first-order chi connectivity index (χ1) is 8.85. The van der Waals surface area contributed by atoms with E-state index in [9.17, 15) is 14.4 Å². The van der Waals surface area contributed by atoms with Crippen molar-refractivity contribution in [3.63, 3.8) is 0 Å². The molecule has 20 heavy (non-hydrogen) atoms. The fraction of sp³-hybridized carbons (Fsp3) is 0.800. The molecule has 116 valence electrons. The quantitative estimate of drug-likeness (QED) is 0.753. The zero-order valence-electron chi connectivity index (χ0n) is 13.4. The van der Waals surface area contributed by atoms with Gasteiger partial charge in [-0.25, -0.2) is 0 Å². The molecule has 0 saturated heterocycles. The van der Waals surface area contributed by atoms with Crippen molar-refractivity contribution in [1.29, 1.82) is 0 Å². The minimum Gasteiger partial charge on any atom is -0.464 e. The third-order valence-corrected chi connectivity index (χ3v) is 2.89. The van der Waals surface area contributed by atoms with Gasteiger partial charge in [0.05, 0.1) is 12.5 Å². The van der Waals surface area contributed by atoms with E-state index in [2.05, 4.69) is 0 Å². The molecule has 5 nitrogen and oxygen atoms in total. The topological polar surface area (TPSA) is 86.5 Å². The van der Waals surface area contributed by atoms with Crippen LogP contribution in [0.3, 0.4) is 0 Å². The highest BCUT2D eigenvalue weighted by atomic mass is 16.5. The first-order valence-electron chi connectivity index (χ1n) is 6.84. The van der Waals surface area contributed by atoms with E-state index in [1.165, 1.54) is 0 Å². The molecule has 2 N–H and O–H groups in total. The van der Waals surface area contributed by atoms with Crippen LogP contribution in [0.1, 0.15) is 54.4 Å². The van der Waals surface area contributed by atoms with E-state index in [0.29, 0.717) is 0 Å². The Hall–Kier alpha value is -1.23. The highest BCUT2D eigenvalue weighted by Crippen LogP contribution is 2.18. The van der Waals surface area contributed by atoms with Crippen LogP contribution < -0.4 is 5.73 Å². The average Bonchev–Trinajstić information content (AvgIpc) is 2.29. The van der Waals surface area contributed by atoms with Crippen LogP contribution in [-0.2, 0) is 19.1 Å². The van der Waals surface area contributed by atoms with Crippen LogP contribution in [0.5, 0.6) is 0 Å². The lowest BCUT2D eigenvalue weighted by atomic mass is 9.87. The van der Waals surface area contributed by atoms with Gasteiger partial charge >= 0.3 is 5.97 Å². The van der Waals surface area contributed by atoms with E-state index in [0.717, 1.165) is 0 Å². The Kier molecular flexibility index (Phi) is 6.54. The van der Waals surface area contributed by atoms with Gasteiger partial charge in [0.15, 0.2) is 5.78 Å². The van der Waals surface area contributed by atoms with Gasteiger partial charge in [-0.05, 0) is 0 Å². The second-order valence-corrected chi connectivity index (χ2v) is 7.08. The van der Waals surface area contributed by atoms with Gasteiger partial charge in [-0.2, -0.15) is 0 Å². The van der Waals surface area contributed by atoms with Crippen molar-refractivity contribution >= 4 is 17.5 Å². The normalized spacial score (nSPS) is 13.8. The second-order valence-electron chi connectivity index (χ2n) is 7.08. The molecule has 0 fully saturated rings. The Morgan fingerprint density at radius 1 is 0.950 bits per heavy atom. The summed E-state index contributed by atoms with van der Waals surface area (Å²) in [4.78, 5) is 35.0. The smallest absolute Gasteiger partial charge is 0.306 e. The molecule has 0 aliphatic rings. The van der Waals surface area contributed by atoms with Gasteiger partial charge in [-0.15, -0.1) is 0 Å². The van der Waals surface area contributed by atoms with E-state index in [4.69, 9.17) is 10.5 Å². The lowest BCUT2D eigenvalue weighted by Gasteiger charge is -2.21. The average molecular weight is 285 g/mol. The van der Waals surface area contributed by atoms with Gasteiger partial charge in [0.1, 0.15) is 12.4 Å². The summed E-state index contributed by atoms with van der Waals surface area (Å²) < 4.78 is 4.95. The standard InChI is InChI=1S/C15H27NO4/c1-14(2,3)11(17)7-8-12(18)20-9-10(16)13(19)15(4,5)6/h10H,7-9,16H2,1-6H3. The number of ether oxygens (including phenoxy) is 1. The third kappa shape index (κ3) is 6.80. The minimum atomic E-state index is -0.822. The molecule has 0 heterocycles. The first-order valence-corrected chi connectivity index (χ1v) is 6.84. The molecule has 0 aromatic carbocycles. The molecule has 0 aromatic rings. The van der Waals surface area contributed by atoms with Crippen molar-refractivity contribution in [3.05, 3.63) is 0 Å². The molecular formula is C15H27NO4. The van der Waals surface area contributed by atoms with Crippen molar-refractivity contribution in [1.82, 2.24) is 0 Å². The number of esters is 1. The molecule has 0 saturated carbocycles. The van der Waals surface area contributed by atoms with Gasteiger partial charge in [-0.3, -0.25) is 14.4 Å². The highest BCUT2D eigenvalue weighted by Gasteiger charge is 2.28. The van der Waals surface area contributed by atoms with Crippen molar-refractivity contribution in [2.45, 2.75) is 60.4 Å². The number of Topliss-reactive ketones (excluding diaryl/α,β-unsaturated/α-hetero) is 2. The van der Waals surface area contributed by atoms with Crippen LogP contribution in [-0.4, -0.2) is 30.2 Å². The molecule has 1 atom stereocenters. The number of ketones is 2. The van der Waals surface area contributed by atoms with E-state index in [1.807, 2.05) is 0 Å². The van der Waals surface area contributed by atoms with Gasteiger partial charge in [0.2, 0.25) is 0 Å². The number of nitrogens with two attached hydrogens (primary N) is 1. The maximum absolute atomic E-state index is 11.8. The number of carbonyl (C=O) groups excluding carboxylic acids is 3. The zero-order chi connectivity index (χ0) is 16.1. The Labute approximate surface area is 121 Å². The van der Waals surface area contributed by atoms with E-state index in [1.54, 1.807) is 41.5 Å². The molecule has 0 amide bonds. The summed E-state index contributed by atoms with van der Waals surface area (Å²) >= 11 is 0. The summed E-state index contributed by atoms with van der Waals surface area (Å²) in [5.41, 5.74) is 4.66. The molecule has 0 radical (unpaired) electrons. The summed E-state index contributed by atoms with van der Waals surface area (Å²) in [7, 11) is 0. The van der Waals surface area contributed by atoms with Crippen molar-refractivity contribution < 1.29 is 19.1 Å². The SMILES string of the molecule is CC(C)(C)C(=O)CCC(=O)OCC(N)C(=O)C(C)(C)C. The molecule has 5 heteroatoms. The Bertz CT molecular complexity index is 374. The minimum absolute atomic E-state index is 0.00418. The molecule has 1 unspecified atom stereocenters. The Morgan fingerprint density at radius 3 is 1.85 bits per heavy atom. The summed E-state index contributed by atoms with van der Waals surface area (Å²) in [5.74, 6) is -0.652. The predicted octanol–water partition coefficient (Wildman–Crippen LogP) is 1.87. The molecule has 0 aliphatic carbocycles. The monoisotopic (exact) mass is 285 g/mol. The number of hydrogen-bond donors (Lipinski definition) is 1. The maximum Gasteiger partial charge on any atom is 0.306 e. The molecule has 0 rings (SSSR count). The van der Waals surface area contributed by atoms with Crippen LogP contribution in [0, 0.1) is 10.8 Å². The summed E-state index contributed by atoms with van der Waals surface area (Å²) in [6, 6.07) is -0.822. The van der Waals surface area contributed by atoms with E-state index < -0.39 is 22.8 Å². The van der Waals surface area contributed by atoms with Gasteiger partial charge < -0.3 is 10.5 Å². The van der Waals surface area contributed by atoms with Gasteiger partial charge in [-0.1, -0.05) is 41.5 Å². The number of hydrogen-bond acceptors (Lipinski definition) is 5. The molecule has 0 bridgehead atoms. The summed E-state index contributed by atoms with van der Waals surface area (Å²) in [5, 5.41) is 0. The fourth-order valence-corrected chi connectivity index (χ4v) is 1.48. The van der Waals surface area contributed by atoms with Crippen molar-refractivity contribution in [3.8, 4) is 0 Å². The lowest BCUT2D eigenvalue weighted by Crippen LogP contribution is -2.42. The number of carbonyl (C=O) groups is 3. The Balaban J connectivity index is 4.13. The van der Waals surface area contributed by atoms with Gasteiger partial charge in [0.25, 0.3) is 0 Å². The molecule has 0 spiro atoms. The third-order valence-electron chi connectivity index (χ3n) is 2.89. The zero-order valence-corrected chi connectivity index (χ0v) is 13.4. The summed E-state index contributed by atoms with van der Waals surface area (Å²) in [6.07, 6.45) is 0.164. The van der Waals surface area contributed by atoms with Crippen LogP contribution in [0.15, 0.2) is 0 Å². The van der Waals surface area contributed by atoms with Crippen molar-refractivity contribution in [2.75, 3.05) is 6.61 Å². The first kappa shape index (κ1) is 18.8. The van der Waals surface area contributed by atoms with Crippen molar-refractivity contribution in [2.24, 2.45) is 16.6 Å². The summed E-state index contributed by atoms with van der Waals surface area (Å²) in [6.45, 7) is 10.6. The fourth-order valence-electron chi connectivity index (χ4n) is 1.48. The second kappa shape index (κ2) is 6.97. The number of rotatable bonds is 6. The predicted molar refractivity (Wildman–Crippen MR) is 77.1 cm³/mol. The maximum atomic E-state index is 11.8. The molecule has 0 aliphatic heterocycles. The lowest BCUT2D eigenvalue weighted by molar-refractivity contribution is -0.147. The van der Waals surface area contributed by atoms with Crippen LogP contribution in [0.25, 0.3) is 0 Å². The largest absolute Gasteiger partial charge is 0.464 e. The van der Waals surface area contributed by atoms with Gasteiger partial charge in [0, 0.05) is 17.3 Å². The Morgan fingerprint density at radius 2 is 1.45 bits per heavy atom. The van der Waals surface area contributed by atoms with E-state index >= 15 is 0 Å². The molecular weight excluding hydrogens is 258 g/mol. The van der Waals surface area contributed by atoms with E-state index in [-0.39, 0.29) is 31.0 Å². The highest BCUT2D eigenvalue weighted by molar-refractivity contribution is 5.89.